The van der Waals surface area contributed by atoms with Gasteiger partial charge in [0.25, 0.3) is 0 Å². The minimum Gasteiger partial charge on any atom is -0.508 e. The SMILES string of the molecule is COc1ccc(C(C)(C)CC(C)(C)C)c(O)c1. The smallest absolute Gasteiger partial charge is 0.123 e. The molecular formula is C15H24O2. The molecule has 0 radical (unpaired) electrons. The lowest BCUT2D eigenvalue weighted by molar-refractivity contribution is 0.278. The van der Waals surface area contributed by atoms with Crippen molar-refractivity contribution in [2.45, 2.75) is 46.5 Å². The van der Waals surface area contributed by atoms with Gasteiger partial charge in [0.05, 0.1) is 7.11 Å². The van der Waals surface area contributed by atoms with Gasteiger partial charge in [-0.05, 0) is 28.9 Å². The summed E-state index contributed by atoms with van der Waals surface area (Å²) in [6, 6.07) is 5.54. The molecule has 0 fully saturated rings. The van der Waals surface area contributed by atoms with Crippen LogP contribution in [0.15, 0.2) is 18.2 Å². The monoisotopic (exact) mass is 236 g/mol. The Morgan fingerprint density at radius 1 is 1.12 bits per heavy atom. The zero-order chi connectivity index (χ0) is 13.3. The van der Waals surface area contributed by atoms with Crippen molar-refractivity contribution in [1.82, 2.24) is 0 Å². The number of hydrogen-bond acceptors (Lipinski definition) is 2. The van der Waals surface area contributed by atoms with Gasteiger partial charge in [0, 0.05) is 6.07 Å². The first-order valence-electron chi connectivity index (χ1n) is 6.03. The van der Waals surface area contributed by atoms with Gasteiger partial charge in [0.15, 0.2) is 0 Å². The zero-order valence-electron chi connectivity index (χ0n) is 11.8. The third-order valence-corrected chi connectivity index (χ3v) is 2.91. The molecule has 2 heteroatoms. The molecule has 1 aromatic carbocycles. The Labute approximate surface area is 105 Å². The van der Waals surface area contributed by atoms with E-state index in [4.69, 9.17) is 4.74 Å². The highest BCUT2D eigenvalue weighted by atomic mass is 16.5. The van der Waals surface area contributed by atoms with Crippen LogP contribution in [0.4, 0.5) is 0 Å². The van der Waals surface area contributed by atoms with E-state index >= 15 is 0 Å². The highest BCUT2D eigenvalue weighted by Gasteiger charge is 2.29. The summed E-state index contributed by atoms with van der Waals surface area (Å²) in [5.41, 5.74) is 1.16. The lowest BCUT2D eigenvalue weighted by atomic mass is 9.72. The minimum atomic E-state index is -0.0470. The summed E-state index contributed by atoms with van der Waals surface area (Å²) in [5, 5.41) is 10.1. The summed E-state index contributed by atoms with van der Waals surface area (Å²) in [6.07, 6.45) is 1.01. The van der Waals surface area contributed by atoms with Crippen LogP contribution in [-0.2, 0) is 5.41 Å². The number of hydrogen-bond donors (Lipinski definition) is 1. The van der Waals surface area contributed by atoms with Gasteiger partial charge in [0.2, 0.25) is 0 Å². The van der Waals surface area contributed by atoms with E-state index in [1.807, 2.05) is 12.1 Å². The predicted octanol–water partition coefficient (Wildman–Crippen LogP) is 4.11. The number of ether oxygens (including phenoxy) is 1. The van der Waals surface area contributed by atoms with Crippen LogP contribution in [0.25, 0.3) is 0 Å². The van der Waals surface area contributed by atoms with Crippen molar-refractivity contribution in [1.29, 1.82) is 0 Å². The molecule has 0 heterocycles. The first kappa shape index (κ1) is 13.9. The highest BCUT2D eigenvalue weighted by Crippen LogP contribution is 2.40. The van der Waals surface area contributed by atoms with E-state index in [1.165, 1.54) is 0 Å². The second-order valence-corrected chi connectivity index (χ2v) is 6.50. The van der Waals surface area contributed by atoms with Gasteiger partial charge >= 0.3 is 0 Å². The van der Waals surface area contributed by atoms with Gasteiger partial charge in [-0.3, -0.25) is 0 Å². The van der Waals surface area contributed by atoms with Crippen molar-refractivity contribution in [3.05, 3.63) is 23.8 Å². The Kier molecular flexibility index (Phi) is 3.75. The summed E-state index contributed by atoms with van der Waals surface area (Å²) < 4.78 is 5.10. The minimum absolute atomic E-state index is 0.0470. The van der Waals surface area contributed by atoms with E-state index < -0.39 is 0 Å². The fourth-order valence-corrected chi connectivity index (χ4v) is 2.63. The largest absolute Gasteiger partial charge is 0.508 e. The summed E-state index contributed by atoms with van der Waals surface area (Å²) in [6.45, 7) is 11.0. The van der Waals surface area contributed by atoms with E-state index in [0.29, 0.717) is 11.5 Å². The molecule has 96 valence electrons. The maximum atomic E-state index is 10.1. The molecular weight excluding hydrogens is 212 g/mol. The van der Waals surface area contributed by atoms with Crippen LogP contribution in [0.3, 0.4) is 0 Å². The molecule has 0 aliphatic heterocycles. The van der Waals surface area contributed by atoms with E-state index in [9.17, 15) is 5.11 Å². The summed E-state index contributed by atoms with van der Waals surface area (Å²) in [4.78, 5) is 0. The topological polar surface area (TPSA) is 29.5 Å². The van der Waals surface area contributed by atoms with Gasteiger partial charge in [-0.25, -0.2) is 0 Å². The van der Waals surface area contributed by atoms with Gasteiger partial charge in [-0.2, -0.15) is 0 Å². The van der Waals surface area contributed by atoms with Crippen LogP contribution in [0, 0.1) is 5.41 Å². The number of phenolic OH excluding ortho intramolecular Hbond substituents is 1. The van der Waals surface area contributed by atoms with Gasteiger partial charge < -0.3 is 9.84 Å². The molecule has 1 rings (SSSR count). The molecule has 0 unspecified atom stereocenters. The fourth-order valence-electron chi connectivity index (χ4n) is 2.63. The third kappa shape index (κ3) is 3.65. The average molecular weight is 236 g/mol. The molecule has 1 aromatic rings. The van der Waals surface area contributed by atoms with E-state index in [0.717, 1.165) is 12.0 Å². The molecule has 0 bridgehead atoms. The number of aromatic hydroxyl groups is 1. The molecule has 0 aliphatic rings. The van der Waals surface area contributed by atoms with Crippen LogP contribution < -0.4 is 4.74 Å². The van der Waals surface area contributed by atoms with Crippen molar-refractivity contribution in [3.63, 3.8) is 0 Å². The van der Waals surface area contributed by atoms with Crippen molar-refractivity contribution >= 4 is 0 Å². The first-order chi connectivity index (χ1) is 7.65. The molecule has 0 aromatic heterocycles. The lowest BCUT2D eigenvalue weighted by Gasteiger charge is -2.33. The molecule has 17 heavy (non-hydrogen) atoms. The van der Waals surface area contributed by atoms with E-state index in [1.54, 1.807) is 13.2 Å². The maximum Gasteiger partial charge on any atom is 0.123 e. The van der Waals surface area contributed by atoms with E-state index in [2.05, 4.69) is 34.6 Å². The second-order valence-electron chi connectivity index (χ2n) is 6.50. The molecule has 0 saturated heterocycles. The molecule has 0 spiro atoms. The normalized spacial score (nSPS) is 12.6. The summed E-state index contributed by atoms with van der Waals surface area (Å²) in [7, 11) is 1.61. The van der Waals surface area contributed by atoms with Crippen molar-refractivity contribution in [3.8, 4) is 11.5 Å². The quantitative estimate of drug-likeness (QED) is 0.855. The highest BCUT2D eigenvalue weighted by molar-refractivity contribution is 5.43. The van der Waals surface area contributed by atoms with Crippen LogP contribution >= 0.6 is 0 Å². The lowest BCUT2D eigenvalue weighted by Crippen LogP contribution is -2.24. The van der Waals surface area contributed by atoms with Gasteiger partial charge in [-0.1, -0.05) is 40.7 Å². The molecule has 2 nitrogen and oxygen atoms in total. The zero-order valence-corrected chi connectivity index (χ0v) is 11.8. The van der Waals surface area contributed by atoms with Crippen molar-refractivity contribution < 1.29 is 9.84 Å². The van der Waals surface area contributed by atoms with Crippen LogP contribution in [0.1, 0.15) is 46.6 Å². The van der Waals surface area contributed by atoms with E-state index in [-0.39, 0.29) is 10.8 Å². The van der Waals surface area contributed by atoms with Crippen LogP contribution in [-0.4, -0.2) is 12.2 Å². The molecule has 1 N–H and O–H groups in total. The van der Waals surface area contributed by atoms with Crippen LogP contribution in [0.2, 0.25) is 0 Å². The number of benzene rings is 1. The Morgan fingerprint density at radius 3 is 2.12 bits per heavy atom. The standard InChI is InChI=1S/C15H24O2/c1-14(2,3)10-15(4,5)12-8-7-11(17-6)9-13(12)16/h7-9,16H,10H2,1-6H3. The molecule has 0 atom stereocenters. The molecule has 0 amide bonds. The Balaban J connectivity index is 3.06. The number of methoxy groups -OCH3 is 1. The Bertz CT molecular complexity index is 386. The predicted molar refractivity (Wildman–Crippen MR) is 71.8 cm³/mol. The maximum absolute atomic E-state index is 10.1. The number of rotatable bonds is 3. The molecule has 0 saturated carbocycles. The fraction of sp³-hybridized carbons (Fsp3) is 0.600. The molecule has 0 aliphatic carbocycles. The third-order valence-electron chi connectivity index (χ3n) is 2.91. The average Bonchev–Trinajstić information content (AvgIpc) is 2.13. The Hall–Kier alpha value is -1.18. The van der Waals surface area contributed by atoms with Gasteiger partial charge in [0.1, 0.15) is 11.5 Å². The number of phenols is 1. The summed E-state index contributed by atoms with van der Waals surface area (Å²) >= 11 is 0. The summed E-state index contributed by atoms with van der Waals surface area (Å²) in [5.74, 6) is 1.01. The first-order valence-corrected chi connectivity index (χ1v) is 6.03. The Morgan fingerprint density at radius 2 is 1.71 bits per heavy atom. The van der Waals surface area contributed by atoms with Crippen molar-refractivity contribution in [2.24, 2.45) is 5.41 Å². The second kappa shape index (κ2) is 4.59. The van der Waals surface area contributed by atoms with Crippen LogP contribution in [0.5, 0.6) is 11.5 Å². The van der Waals surface area contributed by atoms with Gasteiger partial charge in [-0.15, -0.1) is 0 Å². The van der Waals surface area contributed by atoms with Crippen molar-refractivity contribution in [2.75, 3.05) is 7.11 Å².